The van der Waals surface area contributed by atoms with E-state index in [0.717, 1.165) is 6.04 Å². The van der Waals surface area contributed by atoms with Crippen LogP contribution in [0, 0.1) is 0 Å². The maximum absolute atomic E-state index is 3.21. The van der Waals surface area contributed by atoms with E-state index >= 15 is 0 Å². The van der Waals surface area contributed by atoms with Gasteiger partial charge in [0.05, 0.1) is 0 Å². The van der Waals surface area contributed by atoms with E-state index in [1.807, 2.05) is 0 Å². The molecule has 1 N–H and O–H groups in total. The summed E-state index contributed by atoms with van der Waals surface area (Å²) < 4.78 is 0. The lowest BCUT2D eigenvalue weighted by Gasteiger charge is -2.22. The zero-order chi connectivity index (χ0) is 3.70. The molecule has 0 aromatic heterocycles. The van der Waals surface area contributed by atoms with Crippen LogP contribution < -0.4 is 5.32 Å². The molecular formula is C4H11N. The molecule has 1 saturated heterocycles. The first kappa shape index (κ1) is 3.16. The van der Waals surface area contributed by atoms with E-state index in [1.165, 1.54) is 13.0 Å². The van der Waals surface area contributed by atoms with Crippen molar-refractivity contribution in [2.45, 2.75) is 19.4 Å². The Hall–Kier alpha value is -0.0400. The Morgan fingerprint density at radius 2 is 2.40 bits per heavy atom. The SMILES string of the molecule is CC1CCN1.[HH]. The summed E-state index contributed by atoms with van der Waals surface area (Å²) >= 11 is 0. The van der Waals surface area contributed by atoms with Gasteiger partial charge in [-0.25, -0.2) is 0 Å². The largest absolute Gasteiger partial charge is 0.314 e. The first-order valence-corrected chi connectivity index (χ1v) is 2.13. The van der Waals surface area contributed by atoms with E-state index in [4.69, 9.17) is 0 Å². The summed E-state index contributed by atoms with van der Waals surface area (Å²) in [5.74, 6) is 0. The van der Waals surface area contributed by atoms with Gasteiger partial charge in [-0.1, -0.05) is 0 Å². The van der Waals surface area contributed by atoms with E-state index in [9.17, 15) is 0 Å². The first-order chi connectivity index (χ1) is 2.39. The highest BCUT2D eigenvalue weighted by Gasteiger charge is 2.07. The van der Waals surface area contributed by atoms with Crippen LogP contribution in [0.1, 0.15) is 14.8 Å². The van der Waals surface area contributed by atoms with Crippen LogP contribution in [0.5, 0.6) is 0 Å². The zero-order valence-corrected chi connectivity index (χ0v) is 3.49. The second kappa shape index (κ2) is 0.977. The van der Waals surface area contributed by atoms with E-state index < -0.39 is 0 Å². The van der Waals surface area contributed by atoms with E-state index in [1.54, 1.807) is 0 Å². The summed E-state index contributed by atoms with van der Waals surface area (Å²) in [6.07, 6.45) is 1.38. The molecule has 1 fully saturated rings. The Balaban J connectivity index is 0.000000250. The van der Waals surface area contributed by atoms with Gasteiger partial charge in [0, 0.05) is 7.47 Å². The summed E-state index contributed by atoms with van der Waals surface area (Å²) in [5, 5.41) is 3.21. The molecule has 0 aromatic carbocycles. The number of hydrogen-bond acceptors (Lipinski definition) is 1. The zero-order valence-electron chi connectivity index (χ0n) is 3.49. The molecule has 1 nitrogen and oxygen atoms in total. The number of hydrogen-bond donors (Lipinski definition) is 1. The third-order valence-electron chi connectivity index (χ3n) is 1.07. The summed E-state index contributed by atoms with van der Waals surface area (Å²) in [5.41, 5.74) is 0. The molecule has 1 unspecified atom stereocenters. The molecule has 0 bridgehead atoms. The maximum atomic E-state index is 3.21. The van der Waals surface area contributed by atoms with Gasteiger partial charge in [-0.2, -0.15) is 0 Å². The van der Waals surface area contributed by atoms with Crippen molar-refractivity contribution in [3.05, 3.63) is 0 Å². The van der Waals surface area contributed by atoms with Crippen molar-refractivity contribution in [3.63, 3.8) is 0 Å². The summed E-state index contributed by atoms with van der Waals surface area (Å²) in [7, 11) is 0. The normalized spacial score (nSPS) is 36.6. The van der Waals surface area contributed by atoms with Crippen molar-refractivity contribution in [1.29, 1.82) is 0 Å². The second-order valence-electron chi connectivity index (χ2n) is 1.64. The Morgan fingerprint density at radius 3 is 2.40 bits per heavy atom. The third-order valence-corrected chi connectivity index (χ3v) is 1.07. The van der Waals surface area contributed by atoms with Crippen molar-refractivity contribution >= 4 is 0 Å². The van der Waals surface area contributed by atoms with Crippen LogP contribution in [0.2, 0.25) is 0 Å². The van der Waals surface area contributed by atoms with Gasteiger partial charge in [0.15, 0.2) is 0 Å². The Bertz CT molecular complexity index is 34.5. The standard InChI is InChI=1S/C4H9N.H2/c1-4-2-3-5-4;/h4-5H,2-3H2,1H3;1H. The summed E-state index contributed by atoms with van der Waals surface area (Å²) in [4.78, 5) is 0. The molecule has 5 heavy (non-hydrogen) atoms. The fraction of sp³-hybridized carbons (Fsp3) is 1.00. The molecular weight excluding hydrogens is 62.1 g/mol. The van der Waals surface area contributed by atoms with E-state index in [-0.39, 0.29) is 1.43 Å². The van der Waals surface area contributed by atoms with Gasteiger partial charge < -0.3 is 5.32 Å². The molecule has 1 aliphatic rings. The highest BCUT2D eigenvalue weighted by atomic mass is 15.0. The molecule has 0 spiro atoms. The van der Waals surface area contributed by atoms with Crippen molar-refractivity contribution in [1.82, 2.24) is 5.32 Å². The van der Waals surface area contributed by atoms with Gasteiger partial charge in [0.25, 0.3) is 0 Å². The minimum absolute atomic E-state index is 0. The fourth-order valence-corrected chi connectivity index (χ4v) is 0.433. The van der Waals surface area contributed by atoms with Crippen LogP contribution in [0.3, 0.4) is 0 Å². The van der Waals surface area contributed by atoms with Gasteiger partial charge in [0.1, 0.15) is 0 Å². The highest BCUT2D eigenvalue weighted by molar-refractivity contribution is 4.70. The number of nitrogens with one attached hydrogen (secondary N) is 1. The van der Waals surface area contributed by atoms with Crippen LogP contribution in [-0.2, 0) is 0 Å². The highest BCUT2D eigenvalue weighted by Crippen LogP contribution is 1.96. The third kappa shape index (κ3) is 0.428. The smallest absolute Gasteiger partial charge is 0.00508 e. The topological polar surface area (TPSA) is 12.0 Å². The molecule has 0 saturated carbocycles. The summed E-state index contributed by atoms with van der Waals surface area (Å²) in [6.45, 7) is 3.44. The molecule has 0 aliphatic carbocycles. The monoisotopic (exact) mass is 73.1 g/mol. The molecule has 1 heteroatoms. The predicted octanol–water partition coefficient (Wildman–Crippen LogP) is 0.614. The quantitative estimate of drug-likeness (QED) is 0.443. The fourth-order valence-electron chi connectivity index (χ4n) is 0.433. The number of rotatable bonds is 0. The molecule has 1 atom stereocenters. The van der Waals surface area contributed by atoms with Crippen LogP contribution in [0.4, 0.5) is 0 Å². The van der Waals surface area contributed by atoms with Crippen molar-refractivity contribution in [2.75, 3.05) is 6.54 Å². The van der Waals surface area contributed by atoms with Crippen LogP contribution >= 0.6 is 0 Å². The predicted molar refractivity (Wildman–Crippen MR) is 24.2 cm³/mol. The minimum atomic E-state index is 0. The lowest BCUT2D eigenvalue weighted by molar-refractivity contribution is 0.399. The molecule has 32 valence electrons. The van der Waals surface area contributed by atoms with E-state index in [2.05, 4.69) is 12.2 Å². The molecule has 0 amide bonds. The van der Waals surface area contributed by atoms with Crippen LogP contribution in [0.25, 0.3) is 0 Å². The lowest BCUT2D eigenvalue weighted by Crippen LogP contribution is -2.39. The van der Waals surface area contributed by atoms with Crippen LogP contribution in [0.15, 0.2) is 0 Å². The van der Waals surface area contributed by atoms with Crippen molar-refractivity contribution < 1.29 is 1.43 Å². The van der Waals surface area contributed by atoms with Gasteiger partial charge in [-0.3, -0.25) is 0 Å². The van der Waals surface area contributed by atoms with Gasteiger partial charge >= 0.3 is 0 Å². The molecule has 0 aromatic rings. The lowest BCUT2D eigenvalue weighted by atomic mass is 10.1. The molecule has 1 heterocycles. The molecule has 1 rings (SSSR count). The van der Waals surface area contributed by atoms with Crippen molar-refractivity contribution in [2.24, 2.45) is 0 Å². The van der Waals surface area contributed by atoms with E-state index in [0.29, 0.717) is 0 Å². The Morgan fingerprint density at radius 1 is 2.00 bits per heavy atom. The van der Waals surface area contributed by atoms with Gasteiger partial charge in [-0.05, 0) is 19.9 Å². The average molecular weight is 73.1 g/mol. The second-order valence-corrected chi connectivity index (χ2v) is 1.64. The molecule has 1 aliphatic heterocycles. The Kier molecular flexibility index (Phi) is 0.618. The summed E-state index contributed by atoms with van der Waals surface area (Å²) in [6, 6.07) is 0.815. The molecule has 0 radical (unpaired) electrons. The maximum Gasteiger partial charge on any atom is 0.00508 e. The Labute approximate surface area is 33.9 Å². The van der Waals surface area contributed by atoms with Gasteiger partial charge in [0.2, 0.25) is 0 Å². The van der Waals surface area contributed by atoms with Gasteiger partial charge in [-0.15, -0.1) is 0 Å². The van der Waals surface area contributed by atoms with Crippen LogP contribution in [-0.4, -0.2) is 12.6 Å². The first-order valence-electron chi connectivity index (χ1n) is 2.13. The minimum Gasteiger partial charge on any atom is -0.314 e. The average Bonchev–Trinajstić information content (AvgIpc) is 1.30. The van der Waals surface area contributed by atoms with Crippen molar-refractivity contribution in [3.8, 4) is 0 Å².